The number of benzene rings is 1. The van der Waals surface area contributed by atoms with E-state index in [9.17, 15) is 14.4 Å². The lowest BCUT2D eigenvalue weighted by Gasteiger charge is -2.16. The van der Waals surface area contributed by atoms with Crippen LogP contribution in [0.4, 0.5) is 5.69 Å². The minimum atomic E-state index is -0.545. The number of carbonyl (C=O) groups is 1. The van der Waals surface area contributed by atoms with Gasteiger partial charge in [0.2, 0.25) is 5.91 Å². The maximum Gasteiger partial charge on any atom is 0.333 e. The molecule has 0 fully saturated rings. The van der Waals surface area contributed by atoms with Gasteiger partial charge in [0, 0.05) is 12.2 Å². The molecule has 1 N–H and O–H groups in total. The molecule has 0 aliphatic heterocycles. The standard InChI is InChI=1S/C26H31N5O4/c1-4-7-13-30-24-23(29(17-27-24)15-20-12-9-14-35-20)25(33)31(26(30)34)16-21(32)28-22-18(5-2)10-8-11-19(22)6-3/h8-12,14,17H,4-7,13,15-16H2,1-3H3,(H,28,32). The third kappa shape index (κ3) is 4.84. The summed E-state index contributed by atoms with van der Waals surface area (Å²) in [4.78, 5) is 44.3. The summed E-state index contributed by atoms with van der Waals surface area (Å²) in [5, 5.41) is 2.96. The molecule has 0 saturated heterocycles. The predicted molar refractivity (Wildman–Crippen MR) is 135 cm³/mol. The van der Waals surface area contributed by atoms with Crippen molar-refractivity contribution in [3.8, 4) is 0 Å². The van der Waals surface area contributed by atoms with E-state index in [-0.39, 0.29) is 12.1 Å². The molecule has 0 unspecified atom stereocenters. The minimum Gasteiger partial charge on any atom is -0.467 e. The predicted octanol–water partition coefficient (Wildman–Crippen LogP) is 3.56. The average molecular weight is 478 g/mol. The van der Waals surface area contributed by atoms with Gasteiger partial charge >= 0.3 is 5.69 Å². The van der Waals surface area contributed by atoms with Crippen molar-refractivity contribution in [1.29, 1.82) is 0 Å². The van der Waals surface area contributed by atoms with Crippen LogP contribution < -0.4 is 16.6 Å². The van der Waals surface area contributed by atoms with E-state index in [1.54, 1.807) is 23.0 Å². The number of nitrogens with one attached hydrogen (secondary N) is 1. The summed E-state index contributed by atoms with van der Waals surface area (Å²) in [6, 6.07) is 9.49. The summed E-state index contributed by atoms with van der Waals surface area (Å²) in [6.07, 6.45) is 6.22. The Labute approximate surface area is 203 Å². The molecule has 9 heteroatoms. The highest BCUT2D eigenvalue weighted by molar-refractivity contribution is 5.92. The molecule has 3 aromatic heterocycles. The number of aryl methyl sites for hydroxylation is 3. The third-order valence-corrected chi connectivity index (χ3v) is 6.19. The van der Waals surface area contributed by atoms with Crippen molar-refractivity contribution in [1.82, 2.24) is 18.7 Å². The van der Waals surface area contributed by atoms with Crippen LogP contribution >= 0.6 is 0 Å². The second-order valence-corrected chi connectivity index (χ2v) is 8.51. The highest BCUT2D eigenvalue weighted by Gasteiger charge is 2.20. The molecule has 4 rings (SSSR count). The van der Waals surface area contributed by atoms with Gasteiger partial charge in [-0.3, -0.25) is 14.2 Å². The van der Waals surface area contributed by atoms with E-state index in [1.165, 1.54) is 10.9 Å². The summed E-state index contributed by atoms with van der Waals surface area (Å²) in [5.41, 5.74) is 2.29. The number of hydrogen-bond acceptors (Lipinski definition) is 5. The number of para-hydroxylation sites is 1. The Kier molecular flexibility index (Phi) is 7.33. The number of anilines is 1. The van der Waals surface area contributed by atoms with Crippen molar-refractivity contribution in [2.24, 2.45) is 0 Å². The summed E-state index contributed by atoms with van der Waals surface area (Å²) in [6.45, 7) is 6.39. The van der Waals surface area contributed by atoms with E-state index >= 15 is 0 Å². The molecule has 9 nitrogen and oxygen atoms in total. The molecule has 0 aliphatic rings. The van der Waals surface area contributed by atoms with Crippen LogP contribution in [0.2, 0.25) is 0 Å². The highest BCUT2D eigenvalue weighted by atomic mass is 16.3. The fourth-order valence-corrected chi connectivity index (χ4v) is 4.31. The van der Waals surface area contributed by atoms with Gasteiger partial charge in [-0.15, -0.1) is 0 Å². The monoisotopic (exact) mass is 477 g/mol. The van der Waals surface area contributed by atoms with Crippen LogP contribution in [0.25, 0.3) is 11.2 Å². The van der Waals surface area contributed by atoms with E-state index in [1.807, 2.05) is 39.0 Å². The summed E-state index contributed by atoms with van der Waals surface area (Å²) < 4.78 is 9.59. The maximum atomic E-state index is 13.5. The Morgan fingerprint density at radius 3 is 2.40 bits per heavy atom. The fourth-order valence-electron chi connectivity index (χ4n) is 4.31. The zero-order valence-corrected chi connectivity index (χ0v) is 20.4. The van der Waals surface area contributed by atoms with Gasteiger partial charge in [-0.05, 0) is 42.5 Å². The van der Waals surface area contributed by atoms with Crippen LogP contribution in [0.1, 0.15) is 50.5 Å². The Morgan fingerprint density at radius 2 is 1.77 bits per heavy atom. The van der Waals surface area contributed by atoms with Gasteiger partial charge in [0.25, 0.3) is 5.56 Å². The molecule has 3 heterocycles. The quantitative estimate of drug-likeness (QED) is 0.376. The van der Waals surface area contributed by atoms with Gasteiger partial charge in [-0.25, -0.2) is 14.3 Å². The molecule has 1 aromatic carbocycles. The number of amides is 1. The first-order valence-electron chi connectivity index (χ1n) is 12.1. The molecule has 0 saturated carbocycles. The summed E-state index contributed by atoms with van der Waals surface area (Å²) >= 11 is 0. The smallest absolute Gasteiger partial charge is 0.333 e. The van der Waals surface area contributed by atoms with Crippen molar-refractivity contribution < 1.29 is 9.21 Å². The fraction of sp³-hybridized carbons (Fsp3) is 0.385. The second kappa shape index (κ2) is 10.6. The normalized spacial score (nSPS) is 11.3. The van der Waals surface area contributed by atoms with Crippen molar-refractivity contribution >= 4 is 22.8 Å². The summed E-state index contributed by atoms with van der Waals surface area (Å²) in [7, 11) is 0. The third-order valence-electron chi connectivity index (χ3n) is 6.19. The highest BCUT2D eigenvalue weighted by Crippen LogP contribution is 2.22. The topological polar surface area (TPSA) is 104 Å². The van der Waals surface area contributed by atoms with Crippen molar-refractivity contribution in [2.45, 2.75) is 66.1 Å². The van der Waals surface area contributed by atoms with Gasteiger partial charge in [0.15, 0.2) is 11.2 Å². The van der Waals surface area contributed by atoms with Gasteiger partial charge in [-0.2, -0.15) is 0 Å². The number of furan rings is 1. The molecule has 35 heavy (non-hydrogen) atoms. The van der Waals surface area contributed by atoms with Crippen molar-refractivity contribution in [3.05, 3.63) is 80.6 Å². The number of imidazole rings is 1. The van der Waals surface area contributed by atoms with Crippen LogP contribution in [-0.4, -0.2) is 24.6 Å². The molecule has 0 radical (unpaired) electrons. The van der Waals surface area contributed by atoms with Gasteiger partial charge in [-0.1, -0.05) is 45.4 Å². The number of aromatic nitrogens is 4. The molecule has 0 aliphatic carbocycles. The molecule has 1 amide bonds. The van der Waals surface area contributed by atoms with Gasteiger partial charge in [0.1, 0.15) is 12.3 Å². The van der Waals surface area contributed by atoms with E-state index in [0.29, 0.717) is 24.5 Å². The van der Waals surface area contributed by atoms with Crippen LogP contribution in [0.15, 0.2) is 56.9 Å². The first-order chi connectivity index (χ1) is 17.0. The number of fused-ring (bicyclic) bond motifs is 1. The van der Waals surface area contributed by atoms with Gasteiger partial charge in [0.05, 0.1) is 19.1 Å². The molecule has 4 aromatic rings. The van der Waals surface area contributed by atoms with Crippen molar-refractivity contribution in [2.75, 3.05) is 5.32 Å². The number of rotatable bonds is 10. The number of nitrogens with zero attached hydrogens (tertiary/aromatic N) is 4. The lowest BCUT2D eigenvalue weighted by atomic mass is 10.0. The number of unbranched alkanes of at least 4 members (excludes halogenated alkanes) is 1. The minimum absolute atomic E-state index is 0.271. The van der Waals surface area contributed by atoms with E-state index in [2.05, 4.69) is 10.3 Å². The number of carbonyl (C=O) groups excluding carboxylic acids is 1. The Hall–Kier alpha value is -3.88. The van der Waals surface area contributed by atoms with Crippen LogP contribution in [0, 0.1) is 0 Å². The molecular formula is C26H31N5O4. The Morgan fingerprint density at radius 1 is 1.03 bits per heavy atom. The maximum absolute atomic E-state index is 13.5. The molecule has 0 atom stereocenters. The first kappa shape index (κ1) is 24.3. The first-order valence-corrected chi connectivity index (χ1v) is 12.1. The lowest BCUT2D eigenvalue weighted by Crippen LogP contribution is -2.43. The largest absolute Gasteiger partial charge is 0.467 e. The molecule has 0 spiro atoms. The van der Waals surface area contributed by atoms with Gasteiger partial charge < -0.3 is 14.3 Å². The molecule has 184 valence electrons. The number of hydrogen-bond donors (Lipinski definition) is 1. The van der Waals surface area contributed by atoms with Crippen molar-refractivity contribution in [3.63, 3.8) is 0 Å². The second-order valence-electron chi connectivity index (χ2n) is 8.51. The van der Waals surface area contributed by atoms with Crippen LogP contribution in [0.5, 0.6) is 0 Å². The van der Waals surface area contributed by atoms with Crippen LogP contribution in [-0.2, 0) is 37.3 Å². The SMILES string of the molecule is CCCCn1c(=O)n(CC(=O)Nc2c(CC)cccc2CC)c(=O)c2c1ncn2Cc1ccco1. The molecule has 0 bridgehead atoms. The summed E-state index contributed by atoms with van der Waals surface area (Å²) in [5.74, 6) is 0.237. The lowest BCUT2D eigenvalue weighted by molar-refractivity contribution is -0.116. The van der Waals surface area contributed by atoms with E-state index in [4.69, 9.17) is 4.42 Å². The Balaban J connectivity index is 1.76. The Bertz CT molecular complexity index is 1420. The zero-order valence-electron chi connectivity index (χ0n) is 20.4. The zero-order chi connectivity index (χ0) is 24.9. The van der Waals surface area contributed by atoms with E-state index < -0.39 is 17.2 Å². The average Bonchev–Trinajstić information content (AvgIpc) is 3.52. The van der Waals surface area contributed by atoms with Crippen LogP contribution in [0.3, 0.4) is 0 Å². The molecular weight excluding hydrogens is 446 g/mol. The van der Waals surface area contributed by atoms with E-state index in [0.717, 1.165) is 47.1 Å².